The minimum Gasteiger partial charge on any atom is -0.455 e. The third-order valence-electron chi connectivity index (χ3n) is 9.68. The summed E-state index contributed by atoms with van der Waals surface area (Å²) in [6.07, 6.45) is 10.3. The molecule has 0 radical (unpaired) electrons. The predicted octanol–water partition coefficient (Wildman–Crippen LogP) is 3.46. The molecule has 2 N–H and O–H groups in total. The van der Waals surface area contributed by atoms with Gasteiger partial charge in [0.25, 0.3) is 0 Å². The van der Waals surface area contributed by atoms with E-state index in [-0.39, 0.29) is 36.8 Å². The highest BCUT2D eigenvalue weighted by Crippen LogP contribution is 2.56. The Morgan fingerprint density at radius 3 is 2.58 bits per heavy atom. The lowest BCUT2D eigenvalue weighted by atomic mass is 9.74. The molecule has 0 saturated carbocycles. The normalized spacial score (nSPS) is 33.2. The van der Waals surface area contributed by atoms with E-state index in [1.165, 1.54) is 0 Å². The van der Waals surface area contributed by atoms with Gasteiger partial charge in [0.15, 0.2) is 0 Å². The molecule has 4 heterocycles. The Bertz CT molecular complexity index is 1300. The van der Waals surface area contributed by atoms with Gasteiger partial charge in [0, 0.05) is 32.2 Å². The quantitative estimate of drug-likeness (QED) is 0.246. The summed E-state index contributed by atoms with van der Waals surface area (Å²) in [7, 11) is 0. The number of hydrogen-bond acceptors (Lipinski definition) is 7. The van der Waals surface area contributed by atoms with Crippen LogP contribution in [0.15, 0.2) is 54.6 Å². The van der Waals surface area contributed by atoms with Crippen LogP contribution in [0.4, 0.5) is 0 Å². The standard InChI is InChI=1S/C35H47N3O7/c1-4-14-23(2)37-20-11-6-10-17-27(40)36-24(3)30(25-15-8-5-9-16-25)44-34(43)28-26-18-19-35(45-26)29(28)32(41)38(31(35)33(37)42)21-12-7-13-22-39/h5-6,8-9,11,15-16,18-19,23-24,26,28-31,39H,4,7,10,12-14,17,20-22H2,1-3H3,(H,36,40)/b11-6-/t23?,24-,26+,28-,29-,30+,31+,35-/m0/s1. The Morgan fingerprint density at radius 1 is 1.07 bits per heavy atom. The van der Waals surface area contributed by atoms with Gasteiger partial charge in [-0.3, -0.25) is 19.2 Å². The molecule has 3 amide bonds. The first-order chi connectivity index (χ1) is 21.7. The van der Waals surface area contributed by atoms with Crippen LogP contribution in [0.1, 0.15) is 77.4 Å². The average Bonchev–Trinajstić information content (AvgIpc) is 3.67. The van der Waals surface area contributed by atoms with Gasteiger partial charge in [0.05, 0.1) is 18.1 Å². The zero-order valence-corrected chi connectivity index (χ0v) is 26.6. The molecule has 4 aliphatic rings. The van der Waals surface area contributed by atoms with E-state index in [2.05, 4.69) is 12.2 Å². The van der Waals surface area contributed by atoms with Crippen LogP contribution in [0, 0.1) is 11.8 Å². The van der Waals surface area contributed by atoms with Crippen molar-refractivity contribution >= 4 is 23.7 Å². The number of fused-ring (bicyclic) bond motifs is 2. The Morgan fingerprint density at radius 2 is 1.84 bits per heavy atom. The second-order valence-electron chi connectivity index (χ2n) is 12.8. The summed E-state index contributed by atoms with van der Waals surface area (Å²) in [4.78, 5) is 59.5. The molecule has 10 nitrogen and oxygen atoms in total. The summed E-state index contributed by atoms with van der Waals surface area (Å²) < 4.78 is 12.7. The number of nitrogens with zero attached hydrogens (tertiary/aromatic N) is 2. The molecule has 1 spiro atoms. The number of esters is 1. The van der Waals surface area contributed by atoms with Crippen molar-refractivity contribution < 1.29 is 33.8 Å². The number of nitrogens with one attached hydrogen (secondary N) is 1. The van der Waals surface area contributed by atoms with Crippen LogP contribution in [0.5, 0.6) is 0 Å². The molecule has 0 aromatic heterocycles. The van der Waals surface area contributed by atoms with E-state index in [9.17, 15) is 24.3 Å². The van der Waals surface area contributed by atoms with Gasteiger partial charge in [-0.2, -0.15) is 0 Å². The van der Waals surface area contributed by atoms with Crippen molar-refractivity contribution in [3.8, 4) is 0 Å². The number of cyclic esters (lactones) is 1. The zero-order chi connectivity index (χ0) is 32.1. The smallest absolute Gasteiger partial charge is 0.313 e. The lowest BCUT2D eigenvalue weighted by Crippen LogP contribution is -2.57. The van der Waals surface area contributed by atoms with Crippen LogP contribution >= 0.6 is 0 Å². The summed E-state index contributed by atoms with van der Waals surface area (Å²) in [6, 6.07) is 7.69. The molecule has 1 unspecified atom stereocenters. The number of allylic oxidation sites excluding steroid dienone is 1. The molecular formula is C35H47N3O7. The summed E-state index contributed by atoms with van der Waals surface area (Å²) in [5, 5.41) is 12.3. The molecule has 4 aliphatic heterocycles. The SMILES string of the molecule is CCCC(C)N1C/C=C\CCC(=O)N[C@@H](C)[C@H](c2ccccc2)OC(=O)[C@@H]2[C@H]3C(=O)N(CCCCCO)[C@H](C1=O)[C@]31C=C[C@H]2O1. The van der Waals surface area contributed by atoms with E-state index >= 15 is 0 Å². The number of benzene rings is 1. The first-order valence-corrected chi connectivity index (χ1v) is 16.5. The highest BCUT2D eigenvalue weighted by atomic mass is 16.6. The molecule has 10 heteroatoms. The third-order valence-corrected chi connectivity index (χ3v) is 9.68. The molecule has 2 saturated heterocycles. The van der Waals surface area contributed by atoms with Gasteiger partial charge in [0.2, 0.25) is 17.7 Å². The van der Waals surface area contributed by atoms with Crippen LogP contribution < -0.4 is 5.32 Å². The van der Waals surface area contributed by atoms with Crippen LogP contribution in [-0.4, -0.2) is 88.1 Å². The van der Waals surface area contributed by atoms with Gasteiger partial charge in [-0.25, -0.2) is 0 Å². The number of hydrogen-bond donors (Lipinski definition) is 2. The molecule has 8 atom stereocenters. The molecule has 5 rings (SSSR count). The summed E-state index contributed by atoms with van der Waals surface area (Å²) in [5.74, 6) is -3.11. The molecule has 0 aliphatic carbocycles. The van der Waals surface area contributed by atoms with Crippen molar-refractivity contribution in [1.29, 1.82) is 0 Å². The van der Waals surface area contributed by atoms with Gasteiger partial charge >= 0.3 is 5.97 Å². The number of aliphatic hydroxyl groups is 1. The summed E-state index contributed by atoms with van der Waals surface area (Å²) in [6.45, 7) is 6.59. The highest BCUT2D eigenvalue weighted by Gasteiger charge is 2.73. The lowest BCUT2D eigenvalue weighted by Gasteiger charge is -2.38. The fourth-order valence-electron chi connectivity index (χ4n) is 7.47. The Labute approximate surface area is 265 Å². The fraction of sp³-hybridized carbons (Fsp3) is 0.600. The topological polar surface area (TPSA) is 125 Å². The van der Waals surface area contributed by atoms with Gasteiger partial charge in [0.1, 0.15) is 23.7 Å². The zero-order valence-electron chi connectivity index (χ0n) is 26.6. The van der Waals surface area contributed by atoms with Crippen LogP contribution in [0.3, 0.4) is 0 Å². The number of carbonyl (C=O) groups is 4. The Balaban J connectivity index is 1.56. The van der Waals surface area contributed by atoms with Gasteiger partial charge in [-0.05, 0) is 51.5 Å². The number of amides is 3. The van der Waals surface area contributed by atoms with Crippen LogP contribution in [0.25, 0.3) is 0 Å². The number of unbranched alkanes of at least 4 members (excludes halogenated alkanes) is 2. The number of aliphatic hydroxyl groups excluding tert-OH is 1. The Kier molecular flexibility index (Phi) is 10.4. The monoisotopic (exact) mass is 621 g/mol. The number of ether oxygens (including phenoxy) is 2. The maximum atomic E-state index is 14.7. The molecule has 1 aromatic rings. The van der Waals surface area contributed by atoms with Crippen molar-refractivity contribution in [2.75, 3.05) is 19.7 Å². The number of rotatable bonds is 9. The average molecular weight is 622 g/mol. The number of carbonyl (C=O) groups excluding carboxylic acids is 4. The van der Waals surface area contributed by atoms with Crippen LogP contribution in [0.2, 0.25) is 0 Å². The maximum Gasteiger partial charge on any atom is 0.313 e. The van der Waals surface area contributed by atoms with Gasteiger partial charge in [-0.15, -0.1) is 0 Å². The maximum absolute atomic E-state index is 14.7. The minimum atomic E-state index is -1.29. The first kappa shape index (κ1) is 32.9. The van der Waals surface area contributed by atoms with E-state index in [0.29, 0.717) is 38.8 Å². The minimum absolute atomic E-state index is 0.0560. The molecule has 45 heavy (non-hydrogen) atoms. The van der Waals surface area contributed by atoms with E-state index in [1.807, 2.05) is 62.4 Å². The van der Waals surface area contributed by atoms with Crippen molar-refractivity contribution in [1.82, 2.24) is 15.1 Å². The van der Waals surface area contributed by atoms with E-state index < -0.39 is 47.7 Å². The van der Waals surface area contributed by atoms with Crippen molar-refractivity contribution in [3.05, 3.63) is 60.2 Å². The number of likely N-dealkylation sites (tertiary alicyclic amines) is 1. The van der Waals surface area contributed by atoms with E-state index in [1.54, 1.807) is 15.9 Å². The molecular weight excluding hydrogens is 574 g/mol. The first-order valence-electron chi connectivity index (χ1n) is 16.5. The van der Waals surface area contributed by atoms with E-state index in [0.717, 1.165) is 18.4 Å². The Hall–Kier alpha value is -3.50. The molecule has 244 valence electrons. The predicted molar refractivity (Wildman–Crippen MR) is 167 cm³/mol. The largest absolute Gasteiger partial charge is 0.455 e. The van der Waals surface area contributed by atoms with Crippen LogP contribution in [-0.2, 0) is 28.7 Å². The summed E-state index contributed by atoms with van der Waals surface area (Å²) in [5.41, 5.74) is -0.564. The van der Waals surface area contributed by atoms with Gasteiger partial charge in [-0.1, -0.05) is 68.0 Å². The molecule has 1 aromatic carbocycles. The lowest BCUT2D eigenvalue weighted by molar-refractivity contribution is -0.161. The highest BCUT2D eigenvalue weighted by molar-refractivity contribution is 5.99. The van der Waals surface area contributed by atoms with E-state index in [4.69, 9.17) is 9.47 Å². The van der Waals surface area contributed by atoms with Crippen molar-refractivity contribution in [2.24, 2.45) is 11.8 Å². The fourth-order valence-corrected chi connectivity index (χ4v) is 7.47. The van der Waals surface area contributed by atoms with Gasteiger partial charge < -0.3 is 29.7 Å². The van der Waals surface area contributed by atoms with Crippen molar-refractivity contribution in [2.45, 2.75) is 102 Å². The third kappa shape index (κ3) is 6.45. The summed E-state index contributed by atoms with van der Waals surface area (Å²) >= 11 is 0. The van der Waals surface area contributed by atoms with Crippen molar-refractivity contribution in [3.63, 3.8) is 0 Å². The second-order valence-corrected chi connectivity index (χ2v) is 12.8. The second kappa shape index (κ2) is 14.3. The molecule has 5 bridgehead atoms. The molecule has 2 fully saturated rings.